The van der Waals surface area contributed by atoms with Crippen LogP contribution in [0.2, 0.25) is 0 Å². The Morgan fingerprint density at radius 2 is 2.00 bits per heavy atom. The van der Waals surface area contributed by atoms with Crippen LogP contribution >= 0.6 is 0 Å². The van der Waals surface area contributed by atoms with Crippen molar-refractivity contribution >= 4 is 10.0 Å². The van der Waals surface area contributed by atoms with Gasteiger partial charge in [-0.2, -0.15) is 4.31 Å². The Morgan fingerprint density at radius 3 is 2.57 bits per heavy atom. The van der Waals surface area contributed by atoms with Crippen molar-refractivity contribution in [2.24, 2.45) is 0 Å². The van der Waals surface area contributed by atoms with E-state index < -0.39 is 10.0 Å². The highest BCUT2D eigenvalue weighted by Gasteiger charge is 2.24. The number of benzene rings is 1. The monoisotopic (exact) mass is 316 g/mol. The van der Waals surface area contributed by atoms with Crippen molar-refractivity contribution in [1.82, 2.24) is 9.62 Å². The van der Waals surface area contributed by atoms with Crippen LogP contribution in [0.1, 0.15) is 12.5 Å². The van der Waals surface area contributed by atoms with Gasteiger partial charge in [0.15, 0.2) is 0 Å². The second kappa shape index (κ2) is 8.33. The quantitative estimate of drug-likeness (QED) is 0.738. The average molecular weight is 316 g/mol. The second-order valence-electron chi connectivity index (χ2n) is 4.58. The Morgan fingerprint density at radius 1 is 1.29 bits per heavy atom. The first-order valence-electron chi connectivity index (χ1n) is 6.80. The first-order valence-corrected chi connectivity index (χ1v) is 8.24. The van der Waals surface area contributed by atoms with Crippen LogP contribution in [0.5, 0.6) is 5.75 Å². The normalized spacial score (nSPS) is 11.9. The van der Waals surface area contributed by atoms with E-state index in [4.69, 9.17) is 9.47 Å². The van der Waals surface area contributed by atoms with Gasteiger partial charge in [-0.1, -0.05) is 13.0 Å². The molecule has 0 unspecified atom stereocenters. The largest absolute Gasteiger partial charge is 0.495 e. The summed E-state index contributed by atoms with van der Waals surface area (Å²) in [6.07, 6.45) is 0. The van der Waals surface area contributed by atoms with Gasteiger partial charge in [0.05, 0.1) is 13.7 Å². The van der Waals surface area contributed by atoms with Gasteiger partial charge in [-0.15, -0.1) is 0 Å². The Bertz CT molecular complexity index is 546. The van der Waals surface area contributed by atoms with E-state index in [1.54, 1.807) is 12.1 Å². The van der Waals surface area contributed by atoms with Gasteiger partial charge >= 0.3 is 0 Å². The predicted molar refractivity (Wildman–Crippen MR) is 82.1 cm³/mol. The maximum Gasteiger partial charge on any atom is 0.246 e. The van der Waals surface area contributed by atoms with Gasteiger partial charge in [0.25, 0.3) is 0 Å². The van der Waals surface area contributed by atoms with E-state index in [-0.39, 0.29) is 4.90 Å². The molecule has 1 aromatic rings. The van der Waals surface area contributed by atoms with E-state index in [9.17, 15) is 8.42 Å². The van der Waals surface area contributed by atoms with E-state index >= 15 is 0 Å². The fraction of sp³-hybridized carbons (Fsp3) is 0.571. The molecule has 21 heavy (non-hydrogen) atoms. The van der Waals surface area contributed by atoms with Crippen LogP contribution in [0.15, 0.2) is 23.1 Å². The number of rotatable bonds is 9. The number of hydrogen-bond donors (Lipinski definition) is 1. The molecule has 0 radical (unpaired) electrons. The number of nitrogens with zero attached hydrogens (tertiary/aromatic N) is 1. The van der Waals surface area contributed by atoms with Crippen molar-refractivity contribution in [1.29, 1.82) is 0 Å². The molecule has 0 saturated heterocycles. The van der Waals surface area contributed by atoms with Gasteiger partial charge in [0.1, 0.15) is 10.6 Å². The van der Waals surface area contributed by atoms with Crippen LogP contribution in [0.25, 0.3) is 0 Å². The lowest BCUT2D eigenvalue weighted by molar-refractivity contribution is 0.185. The molecule has 0 amide bonds. The summed E-state index contributed by atoms with van der Waals surface area (Å²) in [5, 5.41) is 3.17. The van der Waals surface area contributed by atoms with Gasteiger partial charge < -0.3 is 14.8 Å². The first kappa shape index (κ1) is 17.9. The first-order chi connectivity index (χ1) is 9.97. The molecule has 0 aliphatic heterocycles. The molecule has 120 valence electrons. The summed E-state index contributed by atoms with van der Waals surface area (Å²) in [5.74, 6) is 0.347. The molecule has 1 aromatic carbocycles. The van der Waals surface area contributed by atoms with Gasteiger partial charge in [-0.05, 0) is 24.2 Å². The lowest BCUT2D eigenvalue weighted by Gasteiger charge is -2.19. The van der Waals surface area contributed by atoms with Crippen molar-refractivity contribution in [2.45, 2.75) is 18.4 Å². The number of nitrogens with one attached hydrogen (secondary N) is 1. The third-order valence-corrected chi connectivity index (χ3v) is 4.98. The van der Waals surface area contributed by atoms with E-state index in [1.165, 1.54) is 25.6 Å². The smallest absolute Gasteiger partial charge is 0.246 e. The minimum absolute atomic E-state index is 0.180. The molecule has 0 fully saturated rings. The molecule has 0 aromatic heterocycles. The molecule has 1 N–H and O–H groups in total. The lowest BCUT2D eigenvalue weighted by Crippen LogP contribution is -2.30. The molecule has 0 aliphatic rings. The summed E-state index contributed by atoms with van der Waals surface area (Å²) >= 11 is 0. The van der Waals surface area contributed by atoms with Crippen molar-refractivity contribution in [2.75, 3.05) is 41.0 Å². The van der Waals surface area contributed by atoms with E-state index in [0.29, 0.717) is 25.4 Å². The van der Waals surface area contributed by atoms with Gasteiger partial charge in [-0.25, -0.2) is 8.42 Å². The summed E-state index contributed by atoms with van der Waals surface area (Å²) in [4.78, 5) is 0.180. The molecule has 0 bridgehead atoms. The molecule has 1 rings (SSSR count). The fourth-order valence-electron chi connectivity index (χ4n) is 1.81. The SMILES string of the molecule is CCNCc1ccc(OC)c(S(=O)(=O)N(C)CCOC)c1. The van der Waals surface area contributed by atoms with Crippen molar-refractivity contribution < 1.29 is 17.9 Å². The maximum atomic E-state index is 12.6. The zero-order valence-corrected chi connectivity index (χ0v) is 13.9. The number of sulfonamides is 1. The molecule has 0 heterocycles. The fourth-order valence-corrected chi connectivity index (χ4v) is 3.17. The van der Waals surface area contributed by atoms with Crippen LogP contribution in [0.3, 0.4) is 0 Å². The Kier molecular flexibility index (Phi) is 7.10. The van der Waals surface area contributed by atoms with E-state index in [2.05, 4.69) is 5.32 Å². The molecule has 6 nitrogen and oxygen atoms in total. The highest BCUT2D eigenvalue weighted by Crippen LogP contribution is 2.27. The van der Waals surface area contributed by atoms with Gasteiger partial charge in [-0.3, -0.25) is 0 Å². The van der Waals surface area contributed by atoms with Crippen LogP contribution in [0, 0.1) is 0 Å². The molecule has 7 heteroatoms. The lowest BCUT2D eigenvalue weighted by atomic mass is 10.2. The van der Waals surface area contributed by atoms with E-state index in [0.717, 1.165) is 12.1 Å². The van der Waals surface area contributed by atoms with Crippen molar-refractivity contribution in [3.8, 4) is 5.75 Å². The molecule has 0 aliphatic carbocycles. The number of hydrogen-bond acceptors (Lipinski definition) is 5. The van der Waals surface area contributed by atoms with Crippen LogP contribution in [-0.4, -0.2) is 53.7 Å². The summed E-state index contributed by atoms with van der Waals surface area (Å²) in [6, 6.07) is 5.19. The molecule has 0 spiro atoms. The highest BCUT2D eigenvalue weighted by molar-refractivity contribution is 7.89. The van der Waals surface area contributed by atoms with Crippen molar-refractivity contribution in [3.05, 3.63) is 23.8 Å². The number of ether oxygens (including phenoxy) is 2. The Balaban J connectivity index is 3.12. The molecular formula is C14H24N2O4S. The molecular weight excluding hydrogens is 292 g/mol. The third kappa shape index (κ3) is 4.67. The minimum Gasteiger partial charge on any atom is -0.495 e. The van der Waals surface area contributed by atoms with Gasteiger partial charge in [0, 0.05) is 27.2 Å². The summed E-state index contributed by atoms with van der Waals surface area (Å²) in [5.41, 5.74) is 0.899. The van der Waals surface area contributed by atoms with Crippen LogP contribution in [0.4, 0.5) is 0 Å². The predicted octanol–water partition coefficient (Wildman–Crippen LogP) is 1.07. The van der Waals surface area contributed by atoms with E-state index in [1.807, 2.05) is 13.0 Å². The number of methoxy groups -OCH3 is 2. The minimum atomic E-state index is -3.60. The number of likely N-dealkylation sites (N-methyl/N-ethyl adjacent to an activating group) is 1. The summed E-state index contributed by atoms with van der Waals surface area (Å²) in [6.45, 7) is 4.07. The summed E-state index contributed by atoms with van der Waals surface area (Å²) in [7, 11) is 0.937. The van der Waals surface area contributed by atoms with Gasteiger partial charge in [0.2, 0.25) is 10.0 Å². The molecule has 0 atom stereocenters. The zero-order chi connectivity index (χ0) is 15.9. The second-order valence-corrected chi connectivity index (χ2v) is 6.60. The van der Waals surface area contributed by atoms with Crippen LogP contribution in [-0.2, 0) is 21.3 Å². The Labute approximate surface area is 127 Å². The van der Waals surface area contributed by atoms with Crippen molar-refractivity contribution in [3.63, 3.8) is 0 Å². The molecule has 0 saturated carbocycles. The highest BCUT2D eigenvalue weighted by atomic mass is 32.2. The van der Waals surface area contributed by atoms with Crippen LogP contribution < -0.4 is 10.1 Å². The topological polar surface area (TPSA) is 67.9 Å². The summed E-state index contributed by atoms with van der Waals surface area (Å²) < 4.78 is 36.6. The third-order valence-electron chi connectivity index (χ3n) is 3.11. The Hall–Kier alpha value is -1.15. The maximum absolute atomic E-state index is 12.6. The zero-order valence-electron chi connectivity index (χ0n) is 13.0. The standard InChI is InChI=1S/C14H24N2O4S/c1-5-15-11-12-6-7-13(20-4)14(10-12)21(17,18)16(2)8-9-19-3/h6-7,10,15H,5,8-9,11H2,1-4H3. The average Bonchev–Trinajstić information content (AvgIpc) is 2.50.